The number of nitrogen functional groups attached to an aromatic ring is 1. The highest BCUT2D eigenvalue weighted by Gasteiger charge is 2.40. The van der Waals surface area contributed by atoms with Crippen molar-refractivity contribution in [3.63, 3.8) is 0 Å². The fraction of sp³-hybridized carbons (Fsp3) is 0.333. The van der Waals surface area contributed by atoms with Gasteiger partial charge in [-0.05, 0) is 6.07 Å². The number of benzene rings is 1. The molecule has 7 heteroatoms. The van der Waals surface area contributed by atoms with E-state index in [4.69, 9.17) is 10.5 Å². The molecule has 16 heavy (non-hydrogen) atoms. The van der Waals surface area contributed by atoms with Crippen LogP contribution in [0.4, 0.5) is 14.5 Å². The zero-order valence-corrected chi connectivity index (χ0v) is 8.88. The van der Waals surface area contributed by atoms with Crippen LogP contribution in [-0.2, 0) is 16.3 Å². The van der Waals surface area contributed by atoms with E-state index >= 15 is 0 Å². The first-order valence-corrected chi connectivity index (χ1v) is 6.08. The van der Waals surface area contributed by atoms with Crippen molar-refractivity contribution in [3.05, 3.63) is 23.8 Å². The topological polar surface area (TPSA) is 69.4 Å². The zero-order chi connectivity index (χ0) is 11.9. The Bertz CT molecular complexity index is 515. The predicted octanol–water partition coefficient (Wildman–Crippen LogP) is 1.17. The first-order chi connectivity index (χ1) is 7.43. The van der Waals surface area contributed by atoms with Gasteiger partial charge in [-0.3, -0.25) is 0 Å². The summed E-state index contributed by atoms with van der Waals surface area (Å²) >= 11 is 0. The molecule has 1 aliphatic rings. The summed E-state index contributed by atoms with van der Waals surface area (Å²) in [6.07, 6.45) is -0.0902. The molecule has 1 aliphatic heterocycles. The molecule has 1 aromatic carbocycles. The van der Waals surface area contributed by atoms with Crippen molar-refractivity contribution in [1.82, 2.24) is 0 Å². The maximum absolute atomic E-state index is 12.3. The van der Waals surface area contributed by atoms with E-state index in [-0.39, 0.29) is 17.9 Å². The van der Waals surface area contributed by atoms with Crippen molar-refractivity contribution in [3.8, 4) is 5.75 Å². The highest BCUT2D eigenvalue weighted by Crippen LogP contribution is 2.36. The zero-order valence-electron chi connectivity index (χ0n) is 8.06. The summed E-state index contributed by atoms with van der Waals surface area (Å²) in [6.45, 7) is 0. The second-order valence-electron chi connectivity index (χ2n) is 3.44. The van der Waals surface area contributed by atoms with Crippen LogP contribution in [0.3, 0.4) is 0 Å². The van der Waals surface area contributed by atoms with Crippen LogP contribution in [0.1, 0.15) is 5.56 Å². The number of nitrogens with two attached hydrogens (primary N) is 1. The van der Waals surface area contributed by atoms with Gasteiger partial charge in [0.15, 0.2) is 0 Å². The molecule has 0 spiro atoms. The van der Waals surface area contributed by atoms with Crippen LogP contribution in [0.25, 0.3) is 0 Å². The minimum Gasteiger partial charge on any atom is -0.472 e. The number of hydrogen-bond donors (Lipinski definition) is 1. The van der Waals surface area contributed by atoms with Crippen LogP contribution in [0.15, 0.2) is 18.2 Å². The van der Waals surface area contributed by atoms with Gasteiger partial charge in [0.1, 0.15) is 5.75 Å². The second-order valence-corrected chi connectivity index (χ2v) is 5.50. The number of alkyl halides is 2. The number of fused-ring (bicyclic) bond motifs is 1. The van der Waals surface area contributed by atoms with Gasteiger partial charge >= 0.3 is 5.76 Å². The molecule has 0 saturated carbocycles. The third kappa shape index (κ3) is 1.60. The Hall–Kier alpha value is -1.37. The summed E-state index contributed by atoms with van der Waals surface area (Å²) in [5.41, 5.74) is 4.80. The predicted molar refractivity (Wildman–Crippen MR) is 53.9 cm³/mol. The highest BCUT2D eigenvalue weighted by molar-refractivity contribution is 7.92. The van der Waals surface area contributed by atoms with Crippen molar-refractivity contribution in [2.24, 2.45) is 0 Å². The highest BCUT2D eigenvalue weighted by atomic mass is 32.2. The molecule has 0 saturated heterocycles. The van der Waals surface area contributed by atoms with Gasteiger partial charge in [0.2, 0.25) is 15.3 Å². The van der Waals surface area contributed by atoms with E-state index in [1.807, 2.05) is 0 Å². The number of anilines is 1. The van der Waals surface area contributed by atoms with Crippen LogP contribution >= 0.6 is 0 Å². The number of sulfone groups is 1. The van der Waals surface area contributed by atoms with Gasteiger partial charge < -0.3 is 10.5 Å². The molecule has 0 amide bonds. The third-order valence-corrected chi connectivity index (χ3v) is 3.87. The Labute approximate surface area is 90.9 Å². The lowest BCUT2D eigenvalue weighted by Gasteiger charge is -2.11. The number of rotatable bonds is 2. The summed E-state index contributed by atoms with van der Waals surface area (Å²) in [7, 11) is -4.57. The summed E-state index contributed by atoms with van der Waals surface area (Å²) in [5.74, 6) is -3.25. The first-order valence-electron chi connectivity index (χ1n) is 4.48. The molecule has 0 aliphatic carbocycles. The van der Waals surface area contributed by atoms with Gasteiger partial charge in [-0.2, -0.15) is 8.78 Å². The smallest absolute Gasteiger partial charge is 0.340 e. The van der Waals surface area contributed by atoms with Crippen LogP contribution in [-0.4, -0.2) is 19.6 Å². The first kappa shape index (κ1) is 11.1. The Morgan fingerprint density at radius 2 is 2.12 bits per heavy atom. The normalized spacial score (nSPS) is 19.6. The maximum atomic E-state index is 12.3. The average molecular weight is 249 g/mol. The fourth-order valence-electron chi connectivity index (χ4n) is 1.56. The van der Waals surface area contributed by atoms with Crippen LogP contribution in [0, 0.1) is 0 Å². The van der Waals surface area contributed by atoms with Crippen LogP contribution in [0.5, 0.6) is 5.75 Å². The van der Waals surface area contributed by atoms with Crippen LogP contribution in [0.2, 0.25) is 0 Å². The van der Waals surface area contributed by atoms with Crippen molar-refractivity contribution >= 4 is 15.5 Å². The molecule has 2 rings (SSSR count). The second kappa shape index (κ2) is 3.58. The van der Waals surface area contributed by atoms with Crippen LogP contribution < -0.4 is 10.5 Å². The molecule has 1 aromatic rings. The summed E-state index contributed by atoms with van der Waals surface area (Å²) < 4.78 is 51.9. The van der Waals surface area contributed by atoms with Gasteiger partial charge in [0.25, 0.3) is 0 Å². The SMILES string of the molecule is Nc1cccc2c1OC(S(=O)(=O)C(F)F)C2. The van der Waals surface area contributed by atoms with Crippen molar-refractivity contribution in [2.45, 2.75) is 17.6 Å². The molecule has 88 valence electrons. The minimum absolute atomic E-state index is 0.0902. The Morgan fingerprint density at radius 3 is 2.69 bits per heavy atom. The van der Waals surface area contributed by atoms with Gasteiger partial charge in [0, 0.05) is 12.0 Å². The summed E-state index contributed by atoms with van der Waals surface area (Å²) in [5, 5.41) is 0. The Balaban J connectivity index is 2.34. The van der Waals surface area contributed by atoms with Crippen molar-refractivity contribution in [1.29, 1.82) is 0 Å². The van der Waals surface area contributed by atoms with E-state index in [1.165, 1.54) is 6.07 Å². The quantitative estimate of drug-likeness (QED) is 0.799. The standard InChI is InChI=1S/C9H9F2NO3S/c10-9(11)16(13,14)7-4-5-2-1-3-6(12)8(5)15-7/h1-3,7,9H,4,12H2. The number of hydrogen-bond acceptors (Lipinski definition) is 4. The summed E-state index contributed by atoms with van der Waals surface area (Å²) in [6, 6.07) is 4.75. The molecule has 1 heterocycles. The summed E-state index contributed by atoms with van der Waals surface area (Å²) in [4.78, 5) is 0. The Morgan fingerprint density at radius 1 is 1.44 bits per heavy atom. The van der Waals surface area contributed by atoms with E-state index in [0.29, 0.717) is 5.56 Å². The number of ether oxygens (including phenoxy) is 1. The van der Waals surface area contributed by atoms with E-state index in [0.717, 1.165) is 0 Å². The number of halogens is 2. The maximum Gasteiger partial charge on any atom is 0.340 e. The molecule has 4 nitrogen and oxygen atoms in total. The Kier molecular flexibility index (Phi) is 2.49. The van der Waals surface area contributed by atoms with E-state index < -0.39 is 21.0 Å². The van der Waals surface area contributed by atoms with Gasteiger partial charge in [-0.25, -0.2) is 8.42 Å². The lowest BCUT2D eigenvalue weighted by atomic mass is 10.1. The van der Waals surface area contributed by atoms with Gasteiger partial charge in [0.05, 0.1) is 5.69 Å². The van der Waals surface area contributed by atoms with Crippen molar-refractivity contribution in [2.75, 3.05) is 5.73 Å². The van der Waals surface area contributed by atoms with E-state index in [1.54, 1.807) is 12.1 Å². The molecule has 1 unspecified atom stereocenters. The third-order valence-electron chi connectivity index (χ3n) is 2.38. The van der Waals surface area contributed by atoms with E-state index in [2.05, 4.69) is 0 Å². The number of para-hydroxylation sites is 1. The molecule has 2 N–H and O–H groups in total. The average Bonchev–Trinajstić information content (AvgIpc) is 2.63. The molecular weight excluding hydrogens is 240 g/mol. The van der Waals surface area contributed by atoms with Crippen molar-refractivity contribution < 1.29 is 21.9 Å². The molecule has 0 bridgehead atoms. The molecule has 0 aromatic heterocycles. The molecule has 1 atom stereocenters. The van der Waals surface area contributed by atoms with Gasteiger partial charge in [-0.1, -0.05) is 12.1 Å². The minimum atomic E-state index is -4.57. The fourth-order valence-corrected chi connectivity index (χ4v) is 2.43. The largest absolute Gasteiger partial charge is 0.472 e. The van der Waals surface area contributed by atoms with E-state index in [9.17, 15) is 17.2 Å². The molecular formula is C9H9F2NO3S. The molecule has 0 radical (unpaired) electrons. The van der Waals surface area contributed by atoms with Gasteiger partial charge in [-0.15, -0.1) is 0 Å². The molecule has 0 fully saturated rings. The monoisotopic (exact) mass is 249 g/mol. The lowest BCUT2D eigenvalue weighted by Crippen LogP contribution is -2.30. The lowest BCUT2D eigenvalue weighted by molar-refractivity contribution is 0.217.